The standard InChI is InChI=1S/C16H24Cl2N2/c1-20(2)16(9-4-3-5-10-16)15(19)11-12-13(17)7-6-8-14(12)18/h6-8,15H,3-5,9-11,19H2,1-2H3. The first-order chi connectivity index (χ1) is 9.47. The summed E-state index contributed by atoms with van der Waals surface area (Å²) in [4.78, 5) is 2.31. The van der Waals surface area contributed by atoms with Gasteiger partial charge in [-0.15, -0.1) is 0 Å². The number of rotatable bonds is 4. The molecule has 2 rings (SSSR count). The van der Waals surface area contributed by atoms with Crippen molar-refractivity contribution >= 4 is 23.2 Å². The van der Waals surface area contributed by atoms with Gasteiger partial charge in [0.2, 0.25) is 0 Å². The Morgan fingerprint density at radius 1 is 1.15 bits per heavy atom. The topological polar surface area (TPSA) is 29.3 Å². The first kappa shape index (κ1) is 16.1. The highest BCUT2D eigenvalue weighted by atomic mass is 35.5. The van der Waals surface area contributed by atoms with E-state index in [-0.39, 0.29) is 11.6 Å². The van der Waals surface area contributed by atoms with Crippen LogP contribution in [0.2, 0.25) is 10.0 Å². The van der Waals surface area contributed by atoms with E-state index in [4.69, 9.17) is 28.9 Å². The second-order valence-electron chi connectivity index (χ2n) is 6.07. The number of nitrogens with two attached hydrogens (primary N) is 1. The molecule has 2 nitrogen and oxygen atoms in total. The first-order valence-corrected chi connectivity index (χ1v) is 8.09. The molecule has 1 aliphatic carbocycles. The van der Waals surface area contributed by atoms with Crippen molar-refractivity contribution in [1.82, 2.24) is 4.90 Å². The quantitative estimate of drug-likeness (QED) is 0.905. The summed E-state index contributed by atoms with van der Waals surface area (Å²) in [6.07, 6.45) is 6.86. The molecule has 0 aromatic heterocycles. The van der Waals surface area contributed by atoms with Crippen LogP contribution in [0.3, 0.4) is 0 Å². The SMILES string of the molecule is CN(C)C1(C(N)Cc2c(Cl)cccc2Cl)CCCCC1. The molecular formula is C16H24Cl2N2. The number of hydrogen-bond acceptors (Lipinski definition) is 2. The summed E-state index contributed by atoms with van der Waals surface area (Å²) in [6.45, 7) is 0. The molecule has 1 aromatic carbocycles. The summed E-state index contributed by atoms with van der Waals surface area (Å²) >= 11 is 12.6. The van der Waals surface area contributed by atoms with Gasteiger partial charge < -0.3 is 10.6 Å². The molecule has 0 spiro atoms. The molecule has 0 heterocycles. The van der Waals surface area contributed by atoms with Gasteiger partial charge in [-0.2, -0.15) is 0 Å². The molecule has 0 saturated heterocycles. The molecule has 0 aliphatic heterocycles. The van der Waals surface area contributed by atoms with Crippen molar-refractivity contribution in [2.45, 2.75) is 50.1 Å². The first-order valence-electron chi connectivity index (χ1n) is 7.33. The summed E-state index contributed by atoms with van der Waals surface area (Å²) in [5, 5.41) is 1.44. The van der Waals surface area contributed by atoms with Crippen LogP contribution < -0.4 is 5.73 Å². The Hall–Kier alpha value is -0.280. The van der Waals surface area contributed by atoms with Crippen molar-refractivity contribution in [2.24, 2.45) is 5.73 Å². The molecule has 1 atom stereocenters. The Morgan fingerprint density at radius 3 is 2.20 bits per heavy atom. The predicted molar refractivity (Wildman–Crippen MR) is 87.6 cm³/mol. The fourth-order valence-corrected chi connectivity index (χ4v) is 4.00. The number of halogens is 2. The van der Waals surface area contributed by atoms with Gasteiger partial charge in [0.1, 0.15) is 0 Å². The van der Waals surface area contributed by atoms with Crippen LogP contribution in [0.25, 0.3) is 0 Å². The molecule has 1 fully saturated rings. The molecule has 20 heavy (non-hydrogen) atoms. The summed E-state index contributed by atoms with van der Waals surface area (Å²) < 4.78 is 0. The van der Waals surface area contributed by atoms with Crippen LogP contribution in [0, 0.1) is 0 Å². The Morgan fingerprint density at radius 2 is 1.70 bits per heavy atom. The molecule has 4 heteroatoms. The number of likely N-dealkylation sites (N-methyl/N-ethyl adjacent to an activating group) is 1. The van der Waals surface area contributed by atoms with Gasteiger partial charge in [-0.1, -0.05) is 48.5 Å². The Balaban J connectivity index is 2.23. The molecule has 112 valence electrons. The summed E-state index contributed by atoms with van der Waals surface area (Å²) in [7, 11) is 4.28. The fourth-order valence-electron chi connectivity index (χ4n) is 3.45. The number of nitrogens with zero attached hydrogens (tertiary/aromatic N) is 1. The van der Waals surface area contributed by atoms with Crippen LogP contribution in [0.1, 0.15) is 37.7 Å². The van der Waals surface area contributed by atoms with Gasteiger partial charge in [-0.25, -0.2) is 0 Å². The lowest BCUT2D eigenvalue weighted by Gasteiger charge is -2.47. The van der Waals surface area contributed by atoms with Crippen LogP contribution in [0.15, 0.2) is 18.2 Å². The van der Waals surface area contributed by atoms with Gasteiger partial charge in [0.05, 0.1) is 0 Å². The van der Waals surface area contributed by atoms with E-state index < -0.39 is 0 Å². The van der Waals surface area contributed by atoms with Crippen molar-refractivity contribution in [3.05, 3.63) is 33.8 Å². The summed E-state index contributed by atoms with van der Waals surface area (Å²) in [6, 6.07) is 5.70. The highest BCUT2D eigenvalue weighted by molar-refractivity contribution is 6.36. The van der Waals surface area contributed by atoms with Crippen molar-refractivity contribution < 1.29 is 0 Å². The third-order valence-corrected chi connectivity index (χ3v) is 5.49. The Labute approximate surface area is 132 Å². The molecule has 1 aliphatic rings. The maximum Gasteiger partial charge on any atom is 0.0453 e. The van der Waals surface area contributed by atoms with Crippen molar-refractivity contribution in [3.63, 3.8) is 0 Å². The Kier molecular flexibility index (Phi) is 5.36. The molecule has 1 unspecified atom stereocenters. The molecular weight excluding hydrogens is 291 g/mol. The maximum absolute atomic E-state index is 6.60. The Bertz CT molecular complexity index is 434. The van der Waals surface area contributed by atoms with Crippen LogP contribution in [0.5, 0.6) is 0 Å². The zero-order chi connectivity index (χ0) is 14.8. The highest BCUT2D eigenvalue weighted by Gasteiger charge is 2.40. The molecule has 0 radical (unpaired) electrons. The normalized spacial score (nSPS) is 20.1. The summed E-state index contributed by atoms with van der Waals surface area (Å²) in [5.74, 6) is 0. The second kappa shape index (κ2) is 6.65. The lowest BCUT2D eigenvalue weighted by atomic mass is 9.74. The molecule has 2 N–H and O–H groups in total. The smallest absolute Gasteiger partial charge is 0.0453 e. The van der Waals surface area contributed by atoms with E-state index in [9.17, 15) is 0 Å². The lowest BCUT2D eigenvalue weighted by Crippen LogP contribution is -2.59. The van der Waals surface area contributed by atoms with E-state index in [2.05, 4.69) is 19.0 Å². The van der Waals surface area contributed by atoms with E-state index in [0.29, 0.717) is 0 Å². The van der Waals surface area contributed by atoms with E-state index in [1.54, 1.807) is 0 Å². The average Bonchev–Trinajstić information content (AvgIpc) is 2.43. The van der Waals surface area contributed by atoms with Crippen LogP contribution in [-0.2, 0) is 6.42 Å². The van der Waals surface area contributed by atoms with Crippen LogP contribution in [-0.4, -0.2) is 30.6 Å². The van der Waals surface area contributed by atoms with Gasteiger partial charge in [-0.05, 0) is 51.1 Å². The monoisotopic (exact) mass is 314 g/mol. The lowest BCUT2D eigenvalue weighted by molar-refractivity contribution is 0.0716. The molecule has 0 amide bonds. The van der Waals surface area contributed by atoms with Gasteiger partial charge in [-0.3, -0.25) is 0 Å². The van der Waals surface area contributed by atoms with Crippen LogP contribution >= 0.6 is 23.2 Å². The highest BCUT2D eigenvalue weighted by Crippen LogP contribution is 2.37. The van der Waals surface area contributed by atoms with Crippen molar-refractivity contribution in [3.8, 4) is 0 Å². The third kappa shape index (κ3) is 3.14. The third-order valence-electron chi connectivity index (χ3n) is 4.79. The minimum atomic E-state index is 0.0511. The largest absolute Gasteiger partial charge is 0.326 e. The van der Waals surface area contributed by atoms with Crippen LogP contribution in [0.4, 0.5) is 0 Å². The van der Waals surface area contributed by atoms with E-state index in [0.717, 1.165) is 34.9 Å². The summed E-state index contributed by atoms with van der Waals surface area (Å²) in [5.41, 5.74) is 7.65. The van der Waals surface area contributed by atoms with Gasteiger partial charge in [0.15, 0.2) is 0 Å². The minimum absolute atomic E-state index is 0.0511. The van der Waals surface area contributed by atoms with Gasteiger partial charge in [0, 0.05) is 21.6 Å². The fraction of sp³-hybridized carbons (Fsp3) is 0.625. The van der Waals surface area contributed by atoms with E-state index in [1.807, 2.05) is 18.2 Å². The molecule has 1 aromatic rings. The maximum atomic E-state index is 6.60. The molecule has 0 bridgehead atoms. The zero-order valence-electron chi connectivity index (χ0n) is 12.3. The second-order valence-corrected chi connectivity index (χ2v) is 6.88. The number of hydrogen-bond donors (Lipinski definition) is 1. The van der Waals surface area contributed by atoms with Gasteiger partial charge >= 0.3 is 0 Å². The van der Waals surface area contributed by atoms with E-state index in [1.165, 1.54) is 19.3 Å². The average molecular weight is 315 g/mol. The number of benzene rings is 1. The zero-order valence-corrected chi connectivity index (χ0v) is 13.8. The minimum Gasteiger partial charge on any atom is -0.326 e. The molecule has 1 saturated carbocycles. The van der Waals surface area contributed by atoms with Crippen molar-refractivity contribution in [2.75, 3.05) is 14.1 Å². The predicted octanol–water partition coefficient (Wildman–Crippen LogP) is 4.13. The van der Waals surface area contributed by atoms with Gasteiger partial charge in [0.25, 0.3) is 0 Å². The van der Waals surface area contributed by atoms with E-state index >= 15 is 0 Å². The van der Waals surface area contributed by atoms with Crippen molar-refractivity contribution in [1.29, 1.82) is 0 Å².